The third-order valence-electron chi connectivity index (χ3n) is 2.91. The number of fused-ring (bicyclic) bond motifs is 1. The minimum absolute atomic E-state index is 0.276. The van der Waals surface area contributed by atoms with Crippen LogP contribution in [-0.2, 0) is 0 Å². The van der Waals surface area contributed by atoms with Crippen LogP contribution < -0.4 is 8.32 Å². The van der Waals surface area contributed by atoms with Crippen LogP contribution in [-0.4, -0.2) is 30.5 Å². The number of methoxy groups -OCH3 is 1. The predicted molar refractivity (Wildman–Crippen MR) is 76.2 cm³/mol. The number of aromatic nitrogens is 1. The number of nitrogens with zero attached hydrogens (tertiary/aromatic N) is 1. The number of halogens is 2. The molecule has 2 rings (SSSR count). The fraction of sp³-hybridized carbons (Fsp3) is 0.308. The van der Waals surface area contributed by atoms with E-state index in [1.807, 2.05) is 6.20 Å². The maximum absolute atomic E-state index is 13.9. The van der Waals surface area contributed by atoms with E-state index in [0.29, 0.717) is 5.02 Å². The first kappa shape index (κ1) is 13.9. The molecule has 0 aliphatic heterocycles. The van der Waals surface area contributed by atoms with E-state index in [2.05, 4.69) is 19.8 Å². The number of benzene rings is 1. The zero-order chi connectivity index (χ0) is 13.5. The van der Waals surface area contributed by atoms with Crippen molar-refractivity contribution in [2.45, 2.75) is 14.8 Å². The molecular formula is C13H15ClFNOSn. The van der Waals surface area contributed by atoms with E-state index in [0.717, 1.165) is 14.4 Å². The second-order valence-corrected chi connectivity index (χ2v) is 20.0. The van der Waals surface area contributed by atoms with Crippen LogP contribution in [0.3, 0.4) is 0 Å². The van der Waals surface area contributed by atoms with Crippen molar-refractivity contribution in [2.24, 2.45) is 0 Å². The van der Waals surface area contributed by atoms with Crippen molar-refractivity contribution in [2.75, 3.05) is 7.11 Å². The quantitative estimate of drug-likeness (QED) is 0.750. The van der Waals surface area contributed by atoms with E-state index in [4.69, 9.17) is 16.3 Å². The summed E-state index contributed by atoms with van der Waals surface area (Å²) in [5.41, 5.74) is 0. The molecule has 0 N–H and O–H groups in total. The Morgan fingerprint density at radius 2 is 1.94 bits per heavy atom. The molecule has 0 saturated heterocycles. The molecule has 0 radical (unpaired) electrons. The molecule has 2 aromatic rings. The molecule has 96 valence electrons. The zero-order valence-corrected chi connectivity index (χ0v) is 14.5. The van der Waals surface area contributed by atoms with Crippen LogP contribution >= 0.6 is 11.6 Å². The normalized spacial score (nSPS) is 11.9. The molecule has 1 aromatic heterocycles. The summed E-state index contributed by atoms with van der Waals surface area (Å²) in [6, 6.07) is 1.28. The van der Waals surface area contributed by atoms with E-state index in [-0.39, 0.29) is 5.75 Å². The Kier molecular flexibility index (Phi) is 3.74. The molecule has 0 saturated carbocycles. The predicted octanol–water partition coefficient (Wildman–Crippen LogP) is 3.58. The summed E-state index contributed by atoms with van der Waals surface area (Å²) >= 11 is 3.68. The molecule has 0 fully saturated rings. The van der Waals surface area contributed by atoms with Crippen LogP contribution in [0.15, 0.2) is 18.5 Å². The van der Waals surface area contributed by atoms with E-state index < -0.39 is 24.2 Å². The standard InChI is InChI=1S/C10H6ClFNO.3CH3.Sn/c1-14-10-6-2-3-13-5-7(6)8(11)4-9(10)12;;;;/h3-5H,1H3;3*1H3;. The van der Waals surface area contributed by atoms with Gasteiger partial charge >= 0.3 is 115 Å². The van der Waals surface area contributed by atoms with Gasteiger partial charge in [-0.3, -0.25) is 0 Å². The van der Waals surface area contributed by atoms with Gasteiger partial charge in [-0.1, -0.05) is 0 Å². The number of rotatable bonds is 2. The van der Waals surface area contributed by atoms with E-state index in [1.165, 1.54) is 13.2 Å². The van der Waals surface area contributed by atoms with Gasteiger partial charge in [0, 0.05) is 0 Å². The summed E-state index contributed by atoms with van der Waals surface area (Å²) in [7, 11) is 1.48. The van der Waals surface area contributed by atoms with Gasteiger partial charge in [-0.15, -0.1) is 0 Å². The zero-order valence-electron chi connectivity index (χ0n) is 10.8. The van der Waals surface area contributed by atoms with Crippen LogP contribution in [0.1, 0.15) is 0 Å². The van der Waals surface area contributed by atoms with E-state index in [9.17, 15) is 4.39 Å². The molecule has 0 amide bonds. The SMILES string of the molecule is COc1c(F)cc(Cl)c2cnc[c]([Sn]([CH3])([CH3])[CH3])c12. The molecule has 0 atom stereocenters. The number of ether oxygens (including phenoxy) is 1. The monoisotopic (exact) mass is 375 g/mol. The minimum atomic E-state index is -2.42. The first-order valence-electron chi connectivity index (χ1n) is 5.66. The van der Waals surface area contributed by atoms with Gasteiger partial charge in [0.2, 0.25) is 0 Å². The summed E-state index contributed by atoms with van der Waals surface area (Å²) in [5, 5.41) is 1.94. The second kappa shape index (κ2) is 4.85. The van der Waals surface area contributed by atoms with Crippen LogP contribution in [0.5, 0.6) is 5.75 Å². The molecule has 0 aliphatic rings. The van der Waals surface area contributed by atoms with Crippen molar-refractivity contribution in [1.82, 2.24) is 4.98 Å². The molecule has 0 bridgehead atoms. The first-order chi connectivity index (χ1) is 8.36. The summed E-state index contributed by atoms with van der Waals surface area (Å²) < 4.78 is 20.3. The van der Waals surface area contributed by atoms with Gasteiger partial charge < -0.3 is 0 Å². The summed E-state index contributed by atoms with van der Waals surface area (Å²) in [4.78, 5) is 11.0. The van der Waals surface area contributed by atoms with Crippen molar-refractivity contribution < 1.29 is 9.13 Å². The number of hydrogen-bond donors (Lipinski definition) is 0. The summed E-state index contributed by atoms with van der Waals surface area (Å²) in [6.45, 7) is 0. The molecule has 1 heterocycles. The van der Waals surface area contributed by atoms with Crippen LogP contribution in [0.2, 0.25) is 19.8 Å². The summed E-state index contributed by atoms with van der Waals surface area (Å²) in [6.07, 6.45) is 3.50. The van der Waals surface area contributed by atoms with Crippen LogP contribution in [0.25, 0.3) is 10.8 Å². The average Bonchev–Trinajstić information content (AvgIpc) is 2.27. The Morgan fingerprint density at radius 1 is 1.28 bits per heavy atom. The van der Waals surface area contributed by atoms with Gasteiger partial charge in [0.25, 0.3) is 0 Å². The topological polar surface area (TPSA) is 22.1 Å². The third-order valence-corrected chi connectivity index (χ3v) is 8.92. The first-order valence-corrected chi connectivity index (χ1v) is 16.0. The molecule has 5 heteroatoms. The molecule has 0 unspecified atom stereocenters. The molecule has 18 heavy (non-hydrogen) atoms. The fourth-order valence-electron chi connectivity index (χ4n) is 2.03. The average molecular weight is 374 g/mol. The molecule has 2 nitrogen and oxygen atoms in total. The van der Waals surface area contributed by atoms with Crippen LogP contribution in [0, 0.1) is 5.82 Å². The van der Waals surface area contributed by atoms with Crippen molar-refractivity contribution in [3.05, 3.63) is 29.3 Å². The van der Waals surface area contributed by atoms with Crippen molar-refractivity contribution >= 4 is 44.3 Å². The van der Waals surface area contributed by atoms with Gasteiger partial charge in [0.15, 0.2) is 0 Å². The van der Waals surface area contributed by atoms with Gasteiger partial charge in [-0.25, -0.2) is 0 Å². The van der Waals surface area contributed by atoms with Crippen molar-refractivity contribution in [3.63, 3.8) is 0 Å². The Morgan fingerprint density at radius 3 is 2.50 bits per heavy atom. The fourth-order valence-corrected chi connectivity index (χ4v) is 6.43. The summed E-state index contributed by atoms with van der Waals surface area (Å²) in [5.74, 6) is -0.142. The third kappa shape index (κ3) is 2.30. The Bertz CT molecular complexity index is 610. The molecule has 0 aliphatic carbocycles. The van der Waals surface area contributed by atoms with Crippen LogP contribution in [0.4, 0.5) is 4.39 Å². The Hall–Kier alpha value is -0.551. The molecular weight excluding hydrogens is 359 g/mol. The molecule has 0 spiro atoms. The van der Waals surface area contributed by atoms with Gasteiger partial charge in [-0.2, -0.15) is 0 Å². The second-order valence-electron chi connectivity index (χ2n) is 5.23. The van der Waals surface area contributed by atoms with Crippen molar-refractivity contribution in [3.8, 4) is 5.75 Å². The molecule has 1 aromatic carbocycles. The maximum atomic E-state index is 13.9. The number of hydrogen-bond acceptors (Lipinski definition) is 2. The Balaban J connectivity index is 2.98. The van der Waals surface area contributed by atoms with Gasteiger partial charge in [-0.05, 0) is 0 Å². The van der Waals surface area contributed by atoms with Crippen molar-refractivity contribution in [1.29, 1.82) is 0 Å². The van der Waals surface area contributed by atoms with Gasteiger partial charge in [0.05, 0.1) is 0 Å². The van der Waals surface area contributed by atoms with E-state index >= 15 is 0 Å². The Labute approximate surface area is 115 Å². The number of pyridine rings is 1. The van der Waals surface area contributed by atoms with E-state index in [1.54, 1.807) is 6.20 Å². The van der Waals surface area contributed by atoms with Gasteiger partial charge in [0.1, 0.15) is 0 Å².